The van der Waals surface area contributed by atoms with Crippen molar-refractivity contribution in [3.8, 4) is 5.69 Å². The second-order valence-corrected chi connectivity index (χ2v) is 12.8. The van der Waals surface area contributed by atoms with E-state index in [1.807, 2.05) is 0 Å². The van der Waals surface area contributed by atoms with Crippen molar-refractivity contribution in [3.63, 3.8) is 0 Å². The molecule has 1 aliphatic heterocycles. The number of nitrogens with zero attached hydrogens (tertiary/aromatic N) is 1. The Balaban J connectivity index is 1.26. The number of fused-ring (bicyclic) bond motifs is 10. The van der Waals surface area contributed by atoms with Crippen LogP contribution in [0.3, 0.4) is 0 Å². The van der Waals surface area contributed by atoms with Gasteiger partial charge in [-0.05, 0) is 85.0 Å². The van der Waals surface area contributed by atoms with Crippen LogP contribution in [0.2, 0.25) is 0 Å². The van der Waals surface area contributed by atoms with E-state index in [-0.39, 0.29) is 0 Å². The molecule has 43 heavy (non-hydrogen) atoms. The Hall–Kier alpha value is -4.58. The van der Waals surface area contributed by atoms with Gasteiger partial charge in [-0.3, -0.25) is 0 Å². The zero-order valence-corrected chi connectivity index (χ0v) is 24.6. The number of rotatable bonds is 2. The minimum atomic E-state index is -0.430. The van der Waals surface area contributed by atoms with Gasteiger partial charge in [0.15, 0.2) is 0 Å². The molecule has 2 aromatic heterocycles. The average Bonchev–Trinajstić information content (AvgIpc) is 3.62. The van der Waals surface area contributed by atoms with E-state index >= 15 is 0 Å². The summed E-state index contributed by atoms with van der Waals surface area (Å²) in [6.07, 6.45) is 0. The van der Waals surface area contributed by atoms with Gasteiger partial charge in [-0.15, -0.1) is 0 Å². The second kappa shape index (κ2) is 8.50. The normalized spacial score (nSPS) is 16.5. The summed E-state index contributed by atoms with van der Waals surface area (Å²) >= 11 is 0. The molecule has 0 unspecified atom stereocenters. The van der Waals surface area contributed by atoms with Crippen molar-refractivity contribution >= 4 is 77.9 Å². The van der Waals surface area contributed by atoms with Crippen LogP contribution in [-0.2, 0) is 9.31 Å². The fourth-order valence-electron chi connectivity index (χ4n) is 6.87. The summed E-state index contributed by atoms with van der Waals surface area (Å²) < 4.78 is 21.5. The van der Waals surface area contributed by atoms with Crippen LogP contribution in [0.15, 0.2) is 114 Å². The summed E-state index contributed by atoms with van der Waals surface area (Å²) in [5.74, 6) is 0. The third-order valence-electron chi connectivity index (χ3n) is 9.81. The van der Waals surface area contributed by atoms with E-state index < -0.39 is 18.3 Å². The first kappa shape index (κ1) is 25.0. The largest absolute Gasteiger partial charge is 0.494 e. The van der Waals surface area contributed by atoms with E-state index in [9.17, 15) is 0 Å². The van der Waals surface area contributed by atoms with Crippen LogP contribution in [0, 0.1) is 0 Å². The maximum absolute atomic E-state index is 6.54. The number of hydrogen-bond acceptors (Lipinski definition) is 3. The summed E-state index contributed by atoms with van der Waals surface area (Å²) in [4.78, 5) is 0. The standard InChI is InChI=1S/C38H30BNO3/c1-37(2)38(3,4)43-39(42-37)25-15-17-29-30-18-16-26(22-34(30)41-33(29)21-25)40-31-19-13-23-9-5-7-11-27(23)35(31)36-28-12-8-6-10-24(28)14-20-32(36)40/h5-22H,1-4H3. The number of hydrogen-bond donors (Lipinski definition) is 0. The lowest BCUT2D eigenvalue weighted by Gasteiger charge is -2.32. The van der Waals surface area contributed by atoms with Gasteiger partial charge in [-0.25, -0.2) is 0 Å². The molecule has 9 rings (SSSR count). The zero-order valence-electron chi connectivity index (χ0n) is 24.6. The minimum absolute atomic E-state index is 0.394. The first-order chi connectivity index (χ1) is 20.8. The molecule has 8 aromatic rings. The van der Waals surface area contributed by atoms with Crippen molar-refractivity contribution in [2.45, 2.75) is 38.9 Å². The molecule has 208 valence electrons. The lowest BCUT2D eigenvalue weighted by Crippen LogP contribution is -2.41. The minimum Gasteiger partial charge on any atom is -0.456 e. The SMILES string of the molecule is CC1(C)OB(c2ccc3c(c2)oc2cc(-n4c5ccc6ccccc6c5c5c6ccccc6ccc54)ccc23)OC1(C)C. The lowest BCUT2D eigenvalue weighted by atomic mass is 9.79. The fraction of sp³-hybridized carbons (Fsp3) is 0.158. The van der Waals surface area contributed by atoms with Crippen molar-refractivity contribution in [2.75, 3.05) is 0 Å². The van der Waals surface area contributed by atoms with Crippen LogP contribution in [0.4, 0.5) is 0 Å². The van der Waals surface area contributed by atoms with E-state index in [1.165, 1.54) is 43.4 Å². The highest BCUT2D eigenvalue weighted by atomic mass is 16.7. The Labute approximate surface area is 249 Å². The molecule has 6 aromatic carbocycles. The van der Waals surface area contributed by atoms with E-state index in [0.29, 0.717) is 0 Å². The summed E-state index contributed by atoms with van der Waals surface area (Å²) in [5.41, 5.74) is 5.30. The molecule has 0 radical (unpaired) electrons. The van der Waals surface area contributed by atoms with Crippen LogP contribution >= 0.6 is 0 Å². The van der Waals surface area contributed by atoms with Gasteiger partial charge in [0.1, 0.15) is 11.2 Å². The predicted molar refractivity (Wildman–Crippen MR) is 179 cm³/mol. The third-order valence-corrected chi connectivity index (χ3v) is 9.81. The van der Waals surface area contributed by atoms with Crippen LogP contribution in [-0.4, -0.2) is 22.9 Å². The highest BCUT2D eigenvalue weighted by molar-refractivity contribution is 6.62. The summed E-state index contributed by atoms with van der Waals surface area (Å²) in [7, 11) is -0.430. The molecule has 0 N–H and O–H groups in total. The van der Waals surface area contributed by atoms with Crippen molar-refractivity contribution in [1.82, 2.24) is 4.57 Å². The maximum atomic E-state index is 6.54. The van der Waals surface area contributed by atoms with Crippen molar-refractivity contribution < 1.29 is 13.7 Å². The van der Waals surface area contributed by atoms with Gasteiger partial charge in [-0.2, -0.15) is 0 Å². The molecule has 0 atom stereocenters. The lowest BCUT2D eigenvalue weighted by molar-refractivity contribution is 0.00578. The van der Waals surface area contributed by atoms with Crippen LogP contribution in [0.25, 0.3) is 71.0 Å². The van der Waals surface area contributed by atoms with E-state index in [2.05, 4.69) is 141 Å². The van der Waals surface area contributed by atoms with Crippen molar-refractivity contribution in [1.29, 1.82) is 0 Å². The zero-order chi connectivity index (χ0) is 29.1. The van der Waals surface area contributed by atoms with Gasteiger partial charge in [0.05, 0.1) is 22.2 Å². The fourth-order valence-corrected chi connectivity index (χ4v) is 6.87. The molecule has 1 fully saturated rings. The van der Waals surface area contributed by atoms with Gasteiger partial charge in [0, 0.05) is 33.3 Å². The first-order valence-corrected chi connectivity index (χ1v) is 14.9. The van der Waals surface area contributed by atoms with E-state index in [1.54, 1.807) is 0 Å². The molecule has 1 saturated heterocycles. The Morgan fingerprint density at radius 1 is 0.535 bits per heavy atom. The number of aromatic nitrogens is 1. The predicted octanol–water partition coefficient (Wildman–Crippen LogP) is 9.29. The molecule has 0 bridgehead atoms. The Morgan fingerprint density at radius 2 is 1.07 bits per heavy atom. The van der Waals surface area contributed by atoms with E-state index in [0.717, 1.165) is 33.1 Å². The smallest absolute Gasteiger partial charge is 0.456 e. The molecule has 3 heterocycles. The third kappa shape index (κ3) is 3.46. The number of benzene rings is 6. The van der Waals surface area contributed by atoms with Gasteiger partial charge in [0.25, 0.3) is 0 Å². The quantitative estimate of drug-likeness (QED) is 0.198. The first-order valence-electron chi connectivity index (χ1n) is 14.9. The Kier molecular flexibility index (Phi) is 4.94. The summed E-state index contributed by atoms with van der Waals surface area (Å²) in [5, 5.41) is 9.75. The monoisotopic (exact) mass is 559 g/mol. The molecular formula is C38H30BNO3. The average molecular weight is 559 g/mol. The highest BCUT2D eigenvalue weighted by Gasteiger charge is 2.51. The molecule has 5 heteroatoms. The molecule has 0 aliphatic carbocycles. The van der Waals surface area contributed by atoms with Gasteiger partial charge >= 0.3 is 7.12 Å². The summed E-state index contributed by atoms with van der Waals surface area (Å²) in [6.45, 7) is 8.31. The number of furan rings is 1. The highest BCUT2D eigenvalue weighted by Crippen LogP contribution is 2.42. The van der Waals surface area contributed by atoms with Crippen LogP contribution in [0.1, 0.15) is 27.7 Å². The van der Waals surface area contributed by atoms with E-state index in [4.69, 9.17) is 13.7 Å². The molecule has 1 aliphatic rings. The molecule has 0 amide bonds. The second-order valence-electron chi connectivity index (χ2n) is 12.8. The van der Waals surface area contributed by atoms with Gasteiger partial charge in [-0.1, -0.05) is 72.8 Å². The topological polar surface area (TPSA) is 36.5 Å². The van der Waals surface area contributed by atoms with Gasteiger partial charge < -0.3 is 18.3 Å². The molecule has 0 saturated carbocycles. The molecule has 4 nitrogen and oxygen atoms in total. The maximum Gasteiger partial charge on any atom is 0.494 e. The molecular weight excluding hydrogens is 529 g/mol. The van der Waals surface area contributed by atoms with Gasteiger partial charge in [0.2, 0.25) is 0 Å². The Bertz CT molecular complexity index is 2320. The van der Waals surface area contributed by atoms with Crippen LogP contribution in [0.5, 0.6) is 0 Å². The Morgan fingerprint density at radius 3 is 1.67 bits per heavy atom. The molecule has 0 spiro atoms. The van der Waals surface area contributed by atoms with Crippen LogP contribution < -0.4 is 5.46 Å². The summed E-state index contributed by atoms with van der Waals surface area (Å²) in [6, 6.07) is 39.2. The van der Waals surface area contributed by atoms with Crippen molar-refractivity contribution in [3.05, 3.63) is 109 Å². The van der Waals surface area contributed by atoms with Crippen molar-refractivity contribution in [2.24, 2.45) is 0 Å².